The van der Waals surface area contributed by atoms with E-state index in [0.29, 0.717) is 22.7 Å². The summed E-state index contributed by atoms with van der Waals surface area (Å²) in [6.45, 7) is 6.21. The number of hydrogen-bond acceptors (Lipinski definition) is 3. The lowest BCUT2D eigenvalue weighted by Crippen LogP contribution is -2.49. The predicted octanol–water partition coefficient (Wildman–Crippen LogP) is 4.63. The van der Waals surface area contributed by atoms with E-state index in [0.717, 1.165) is 0 Å². The highest BCUT2D eigenvalue weighted by atomic mass is 35.5. The zero-order valence-electron chi connectivity index (χ0n) is 18.4. The number of fused-ring (bicyclic) bond motifs is 2. The number of amides is 2. The lowest BCUT2D eigenvalue weighted by molar-refractivity contribution is -0.123. The standard InChI is InChI=1S/C24H26Cl2FN3O2/c1-23(2,3)11-17-24(14-9-8-12(25)10-16(14)29-22(24)32)18(20(30-17)21(31)28-4)13-6-5-7-15(26)19(13)27/h5-10,17-18,20,30H,11H2,1-4H3,(H,28,31)(H,29,32)/t17-,18+,20-,24+/m1/s1. The Bertz CT molecular complexity index is 1100. The summed E-state index contributed by atoms with van der Waals surface area (Å²) in [7, 11) is 1.53. The molecule has 1 spiro atoms. The maximum atomic E-state index is 15.4. The molecule has 0 aliphatic carbocycles. The van der Waals surface area contributed by atoms with Gasteiger partial charge in [0.05, 0.1) is 11.1 Å². The van der Waals surface area contributed by atoms with Gasteiger partial charge in [0, 0.05) is 29.7 Å². The zero-order chi connectivity index (χ0) is 23.4. The fourth-order valence-corrected chi connectivity index (χ4v) is 5.66. The van der Waals surface area contributed by atoms with Gasteiger partial charge in [0.15, 0.2) is 0 Å². The van der Waals surface area contributed by atoms with Crippen molar-refractivity contribution in [2.75, 3.05) is 12.4 Å². The highest BCUT2D eigenvalue weighted by Crippen LogP contribution is 2.57. The van der Waals surface area contributed by atoms with Gasteiger partial charge >= 0.3 is 0 Å². The minimum Gasteiger partial charge on any atom is -0.358 e. The number of anilines is 1. The first-order valence-corrected chi connectivity index (χ1v) is 11.3. The first kappa shape index (κ1) is 23.0. The van der Waals surface area contributed by atoms with Crippen LogP contribution in [0.4, 0.5) is 10.1 Å². The molecule has 4 atom stereocenters. The lowest BCUT2D eigenvalue weighted by Gasteiger charge is -2.37. The van der Waals surface area contributed by atoms with Crippen LogP contribution in [0.15, 0.2) is 36.4 Å². The van der Waals surface area contributed by atoms with Gasteiger partial charge in [-0.2, -0.15) is 0 Å². The van der Waals surface area contributed by atoms with E-state index >= 15 is 4.39 Å². The Morgan fingerprint density at radius 3 is 2.59 bits per heavy atom. The zero-order valence-corrected chi connectivity index (χ0v) is 19.9. The van der Waals surface area contributed by atoms with Crippen LogP contribution in [0.25, 0.3) is 0 Å². The first-order chi connectivity index (χ1) is 15.0. The monoisotopic (exact) mass is 477 g/mol. The van der Waals surface area contributed by atoms with Crippen molar-refractivity contribution in [3.05, 3.63) is 63.4 Å². The molecule has 0 bridgehead atoms. The van der Waals surface area contributed by atoms with E-state index in [1.807, 2.05) is 0 Å². The minimum atomic E-state index is -1.23. The molecule has 170 valence electrons. The first-order valence-electron chi connectivity index (χ1n) is 10.5. The molecular formula is C24H26Cl2FN3O2. The molecule has 1 saturated heterocycles. The van der Waals surface area contributed by atoms with Gasteiger partial charge in [-0.1, -0.05) is 62.2 Å². The number of nitrogens with one attached hydrogen (secondary N) is 3. The normalized spacial score (nSPS) is 26.8. The number of hydrogen-bond donors (Lipinski definition) is 3. The quantitative estimate of drug-likeness (QED) is 0.603. The third-order valence-electron chi connectivity index (χ3n) is 6.47. The second-order valence-corrected chi connectivity index (χ2v) is 10.6. The van der Waals surface area contributed by atoms with E-state index in [9.17, 15) is 9.59 Å². The minimum absolute atomic E-state index is 0.0534. The van der Waals surface area contributed by atoms with Crippen molar-refractivity contribution in [1.82, 2.24) is 10.6 Å². The summed E-state index contributed by atoms with van der Waals surface area (Å²) in [4.78, 5) is 26.9. The van der Waals surface area contributed by atoms with Crippen LogP contribution in [0, 0.1) is 11.2 Å². The maximum absolute atomic E-state index is 15.4. The van der Waals surface area contributed by atoms with Crippen LogP contribution in [0.2, 0.25) is 10.0 Å². The third-order valence-corrected chi connectivity index (χ3v) is 6.99. The van der Waals surface area contributed by atoms with Gasteiger partial charge in [-0.15, -0.1) is 0 Å². The molecule has 32 heavy (non-hydrogen) atoms. The summed E-state index contributed by atoms with van der Waals surface area (Å²) in [5.74, 6) is -2.05. The summed E-state index contributed by atoms with van der Waals surface area (Å²) in [5, 5.41) is 9.44. The smallest absolute Gasteiger partial charge is 0.237 e. The summed E-state index contributed by atoms with van der Waals surface area (Å²) in [5.41, 5.74) is 0.107. The van der Waals surface area contributed by atoms with Crippen LogP contribution >= 0.6 is 23.2 Å². The molecule has 4 rings (SSSR count). The highest BCUT2D eigenvalue weighted by molar-refractivity contribution is 6.31. The number of benzene rings is 2. The summed E-state index contributed by atoms with van der Waals surface area (Å²) < 4.78 is 15.4. The molecule has 0 unspecified atom stereocenters. The highest BCUT2D eigenvalue weighted by Gasteiger charge is 2.66. The fraction of sp³-hybridized carbons (Fsp3) is 0.417. The van der Waals surface area contributed by atoms with Gasteiger partial charge in [-0.05, 0) is 41.2 Å². The average molecular weight is 478 g/mol. The van der Waals surface area contributed by atoms with Gasteiger partial charge in [-0.3, -0.25) is 9.59 Å². The second-order valence-electron chi connectivity index (χ2n) is 9.71. The molecule has 0 aromatic heterocycles. The number of carbonyl (C=O) groups excluding carboxylic acids is 2. The Labute approximate surface area is 197 Å². The van der Waals surface area contributed by atoms with E-state index in [1.54, 1.807) is 30.3 Å². The van der Waals surface area contributed by atoms with Crippen LogP contribution in [0.3, 0.4) is 0 Å². The van der Waals surface area contributed by atoms with Gasteiger partial charge in [0.1, 0.15) is 11.2 Å². The van der Waals surface area contributed by atoms with E-state index in [2.05, 4.69) is 36.7 Å². The van der Waals surface area contributed by atoms with Crippen molar-refractivity contribution < 1.29 is 14.0 Å². The number of halogens is 3. The molecular weight excluding hydrogens is 452 g/mol. The fourth-order valence-electron chi connectivity index (χ4n) is 5.31. The topological polar surface area (TPSA) is 70.2 Å². The van der Waals surface area contributed by atoms with Crippen molar-refractivity contribution in [3.63, 3.8) is 0 Å². The van der Waals surface area contributed by atoms with Crippen molar-refractivity contribution in [2.24, 2.45) is 5.41 Å². The molecule has 2 heterocycles. The van der Waals surface area contributed by atoms with Crippen molar-refractivity contribution in [1.29, 1.82) is 0 Å². The lowest BCUT2D eigenvalue weighted by atomic mass is 9.62. The van der Waals surface area contributed by atoms with Crippen LogP contribution in [0.1, 0.15) is 44.2 Å². The number of likely N-dealkylation sites (N-methyl/N-ethyl adjacent to an activating group) is 1. The van der Waals surface area contributed by atoms with E-state index < -0.39 is 29.2 Å². The Morgan fingerprint density at radius 1 is 1.22 bits per heavy atom. The Morgan fingerprint density at radius 2 is 1.94 bits per heavy atom. The van der Waals surface area contributed by atoms with E-state index in [-0.39, 0.29) is 27.8 Å². The van der Waals surface area contributed by atoms with Crippen LogP contribution < -0.4 is 16.0 Å². The maximum Gasteiger partial charge on any atom is 0.237 e. The van der Waals surface area contributed by atoms with Crippen LogP contribution in [-0.4, -0.2) is 30.9 Å². The number of carbonyl (C=O) groups is 2. The molecule has 3 N–H and O–H groups in total. The van der Waals surface area contributed by atoms with Gasteiger partial charge in [-0.25, -0.2) is 4.39 Å². The summed E-state index contributed by atoms with van der Waals surface area (Å²) in [6.07, 6.45) is 0.578. The second kappa shape index (κ2) is 8.01. The van der Waals surface area contributed by atoms with Crippen molar-refractivity contribution >= 4 is 40.7 Å². The van der Waals surface area contributed by atoms with Gasteiger partial charge in [0.25, 0.3) is 0 Å². The Balaban J connectivity index is 2.04. The molecule has 5 nitrogen and oxygen atoms in total. The molecule has 0 radical (unpaired) electrons. The molecule has 1 fully saturated rings. The van der Waals surface area contributed by atoms with Crippen LogP contribution in [0.5, 0.6) is 0 Å². The molecule has 2 aromatic rings. The molecule has 2 aromatic carbocycles. The summed E-state index contributed by atoms with van der Waals surface area (Å²) in [6, 6.07) is 8.64. The summed E-state index contributed by atoms with van der Waals surface area (Å²) >= 11 is 12.3. The van der Waals surface area contributed by atoms with Crippen molar-refractivity contribution in [2.45, 2.75) is 50.6 Å². The largest absolute Gasteiger partial charge is 0.358 e. The molecule has 2 amide bonds. The van der Waals surface area contributed by atoms with Gasteiger partial charge in [0.2, 0.25) is 11.8 Å². The Kier molecular flexibility index (Phi) is 5.76. The molecule has 2 aliphatic heterocycles. The van der Waals surface area contributed by atoms with E-state index in [4.69, 9.17) is 23.2 Å². The van der Waals surface area contributed by atoms with Crippen molar-refractivity contribution in [3.8, 4) is 0 Å². The number of rotatable bonds is 3. The van der Waals surface area contributed by atoms with Gasteiger partial charge < -0.3 is 16.0 Å². The average Bonchev–Trinajstić information content (AvgIpc) is 3.18. The molecule has 2 aliphatic rings. The molecule has 8 heteroatoms. The molecule has 0 saturated carbocycles. The third kappa shape index (κ3) is 3.49. The van der Waals surface area contributed by atoms with E-state index in [1.165, 1.54) is 13.1 Å². The van der Waals surface area contributed by atoms with Crippen LogP contribution in [-0.2, 0) is 15.0 Å². The predicted molar refractivity (Wildman–Crippen MR) is 125 cm³/mol. The Hall–Kier alpha value is -2.15. The SMILES string of the molecule is CNC(=O)[C@@H]1N[C@H](CC(C)(C)C)[C@]2(C(=O)Nc3cc(Cl)ccc32)[C@H]1c1cccc(Cl)c1F.